The number of anilines is 3. The van der Waals surface area contributed by atoms with Crippen molar-refractivity contribution in [3.63, 3.8) is 0 Å². The van der Waals surface area contributed by atoms with Crippen LogP contribution >= 0.6 is 15.9 Å². The van der Waals surface area contributed by atoms with Crippen molar-refractivity contribution < 1.29 is 32.3 Å². The zero-order valence-corrected chi connectivity index (χ0v) is 20.8. The lowest BCUT2D eigenvalue weighted by atomic mass is 10.1. The number of hydrogen-bond donors (Lipinski definition) is 2. The maximum atomic E-state index is 13.7. The van der Waals surface area contributed by atoms with Gasteiger partial charge in [0.15, 0.2) is 5.78 Å². The maximum absolute atomic E-state index is 13.7. The van der Waals surface area contributed by atoms with Gasteiger partial charge >= 0.3 is 12.3 Å². The van der Waals surface area contributed by atoms with Gasteiger partial charge < -0.3 is 15.0 Å². The van der Waals surface area contributed by atoms with E-state index in [9.17, 15) is 27.6 Å². The van der Waals surface area contributed by atoms with Gasteiger partial charge in [-0.15, -0.1) is 0 Å². The van der Waals surface area contributed by atoms with Gasteiger partial charge in [0.2, 0.25) is 5.91 Å². The molecular weight excluding hydrogens is 519 g/mol. The minimum Gasteiger partial charge on any atom is -0.444 e. The number of carbonyl (C=O) groups excluding carboxylic acids is 3. The first kappa shape index (κ1) is 27.2. The van der Waals surface area contributed by atoms with Gasteiger partial charge in [-0.3, -0.25) is 14.9 Å². The van der Waals surface area contributed by atoms with Crippen molar-refractivity contribution in [2.75, 3.05) is 29.6 Å². The Hall–Kier alpha value is -3.08. The number of rotatable bonds is 6. The van der Waals surface area contributed by atoms with Crippen LogP contribution in [0.5, 0.6) is 0 Å². The molecule has 0 unspecified atom stereocenters. The Bertz CT molecular complexity index is 1100. The topological polar surface area (TPSA) is 87.7 Å². The molecule has 2 rings (SSSR count). The molecule has 7 nitrogen and oxygen atoms in total. The third kappa shape index (κ3) is 7.75. The van der Waals surface area contributed by atoms with Gasteiger partial charge in [-0.25, -0.2) is 4.79 Å². The molecule has 0 aromatic heterocycles. The fourth-order valence-electron chi connectivity index (χ4n) is 2.91. The van der Waals surface area contributed by atoms with Gasteiger partial charge in [0, 0.05) is 24.1 Å². The van der Waals surface area contributed by atoms with Gasteiger partial charge in [-0.2, -0.15) is 13.2 Å². The van der Waals surface area contributed by atoms with Crippen molar-refractivity contribution in [1.29, 1.82) is 0 Å². The lowest BCUT2D eigenvalue weighted by Crippen LogP contribution is -2.28. The largest absolute Gasteiger partial charge is 0.444 e. The number of carbonyl (C=O) groups is 3. The van der Waals surface area contributed by atoms with Gasteiger partial charge in [-0.1, -0.05) is 28.1 Å². The lowest BCUT2D eigenvalue weighted by Gasteiger charge is -2.24. The van der Waals surface area contributed by atoms with Crippen LogP contribution in [0, 0.1) is 0 Å². The van der Waals surface area contributed by atoms with Gasteiger partial charge in [0.25, 0.3) is 0 Å². The van der Waals surface area contributed by atoms with E-state index in [2.05, 4.69) is 26.6 Å². The van der Waals surface area contributed by atoms with Crippen LogP contribution in [0.1, 0.15) is 43.1 Å². The summed E-state index contributed by atoms with van der Waals surface area (Å²) >= 11 is 3.23. The average Bonchev–Trinajstić information content (AvgIpc) is 2.66. The van der Waals surface area contributed by atoms with E-state index in [1.54, 1.807) is 32.9 Å². The van der Waals surface area contributed by atoms with Crippen molar-refractivity contribution in [2.45, 2.75) is 39.0 Å². The molecule has 0 saturated carbocycles. The summed E-state index contributed by atoms with van der Waals surface area (Å²) in [5, 5.41) is 4.69. The molecule has 2 aromatic carbocycles. The van der Waals surface area contributed by atoms with E-state index in [1.165, 1.54) is 31.1 Å². The van der Waals surface area contributed by atoms with E-state index in [0.717, 1.165) is 6.07 Å². The van der Waals surface area contributed by atoms with E-state index in [0.29, 0.717) is 10.5 Å². The number of nitrogens with zero attached hydrogens (tertiary/aromatic N) is 1. The molecule has 34 heavy (non-hydrogen) atoms. The number of halogens is 4. The molecule has 0 saturated heterocycles. The number of ether oxygens (including phenoxy) is 1. The molecule has 0 aliphatic rings. The molecule has 0 bridgehead atoms. The van der Waals surface area contributed by atoms with Crippen LogP contribution in [0.25, 0.3) is 0 Å². The molecule has 0 heterocycles. The highest BCUT2D eigenvalue weighted by molar-refractivity contribution is 9.10. The fraction of sp³-hybridized carbons (Fsp3) is 0.348. The zero-order valence-electron chi connectivity index (χ0n) is 19.3. The third-order valence-corrected chi connectivity index (χ3v) is 4.79. The second-order valence-corrected chi connectivity index (χ2v) is 9.51. The molecule has 0 aliphatic carbocycles. The summed E-state index contributed by atoms with van der Waals surface area (Å²) in [5.74, 6) is -1.37. The van der Waals surface area contributed by atoms with Crippen LogP contribution in [-0.4, -0.2) is 37.5 Å². The highest BCUT2D eigenvalue weighted by atomic mass is 79.9. The Kier molecular flexibility index (Phi) is 8.35. The van der Waals surface area contributed by atoms with Crippen LogP contribution in [0.15, 0.2) is 40.9 Å². The van der Waals surface area contributed by atoms with Gasteiger partial charge in [-0.05, 0) is 45.0 Å². The van der Waals surface area contributed by atoms with Gasteiger partial charge in [0.05, 0.1) is 29.0 Å². The summed E-state index contributed by atoms with van der Waals surface area (Å²) in [4.78, 5) is 38.5. The van der Waals surface area contributed by atoms with E-state index in [1.807, 2.05) is 0 Å². The molecule has 0 spiro atoms. The Morgan fingerprint density at radius 2 is 1.62 bits per heavy atom. The van der Waals surface area contributed by atoms with Crippen LogP contribution < -0.4 is 15.5 Å². The highest BCUT2D eigenvalue weighted by Crippen LogP contribution is 2.41. The number of amides is 2. The Balaban J connectivity index is 2.41. The number of benzene rings is 2. The van der Waals surface area contributed by atoms with Crippen molar-refractivity contribution in [1.82, 2.24) is 0 Å². The van der Waals surface area contributed by atoms with Crippen molar-refractivity contribution in [3.05, 3.63) is 52.0 Å². The molecule has 11 heteroatoms. The van der Waals surface area contributed by atoms with Crippen LogP contribution in [0.4, 0.5) is 35.0 Å². The molecule has 2 N–H and O–H groups in total. The monoisotopic (exact) mass is 543 g/mol. The van der Waals surface area contributed by atoms with E-state index >= 15 is 0 Å². The quantitative estimate of drug-likeness (QED) is 0.340. The number of ketones is 1. The second-order valence-electron chi connectivity index (χ2n) is 8.59. The van der Waals surface area contributed by atoms with Crippen molar-refractivity contribution in [2.24, 2.45) is 0 Å². The molecule has 2 aromatic rings. The van der Waals surface area contributed by atoms with Crippen molar-refractivity contribution >= 4 is 50.8 Å². The standard InChI is InChI=1S/C23H25BrF3N3O4/c1-22(2,3)34-21(33)29-17-11-18(30(4)5)15(23(25,26)27)10-16(17)28-20(32)12-19(31)13-7-6-8-14(24)9-13/h6-11H,12H2,1-5H3,(H,28,32)(H,29,33). The number of alkyl halides is 3. The fourth-order valence-corrected chi connectivity index (χ4v) is 3.31. The number of nitrogens with one attached hydrogen (secondary N) is 2. The van der Waals surface area contributed by atoms with E-state index < -0.39 is 41.5 Å². The predicted octanol–water partition coefficient (Wildman–Crippen LogP) is 6.09. The first-order valence-corrected chi connectivity index (χ1v) is 10.9. The van der Waals surface area contributed by atoms with E-state index in [-0.39, 0.29) is 22.6 Å². The zero-order chi connectivity index (χ0) is 25.8. The molecular formula is C23H25BrF3N3O4. The summed E-state index contributed by atoms with van der Waals surface area (Å²) in [6, 6.07) is 8.16. The summed E-state index contributed by atoms with van der Waals surface area (Å²) < 4.78 is 46.9. The summed E-state index contributed by atoms with van der Waals surface area (Å²) in [6.45, 7) is 4.88. The summed E-state index contributed by atoms with van der Waals surface area (Å²) in [5.41, 5.74) is -2.30. The SMILES string of the molecule is CN(C)c1cc(NC(=O)OC(C)(C)C)c(NC(=O)CC(=O)c2cccc(Br)c2)cc1C(F)(F)F. The maximum Gasteiger partial charge on any atom is 0.418 e. The number of hydrogen-bond acceptors (Lipinski definition) is 5. The van der Waals surface area contributed by atoms with Crippen LogP contribution in [0.2, 0.25) is 0 Å². The molecule has 0 atom stereocenters. The third-order valence-electron chi connectivity index (χ3n) is 4.30. The minimum atomic E-state index is -4.74. The Labute approximate surface area is 203 Å². The van der Waals surface area contributed by atoms with Crippen LogP contribution in [-0.2, 0) is 15.7 Å². The summed E-state index contributed by atoms with van der Waals surface area (Å²) in [7, 11) is 2.83. The minimum absolute atomic E-state index is 0.116. The van der Waals surface area contributed by atoms with Crippen molar-refractivity contribution in [3.8, 4) is 0 Å². The average molecular weight is 544 g/mol. The Morgan fingerprint density at radius 3 is 2.15 bits per heavy atom. The lowest BCUT2D eigenvalue weighted by molar-refractivity contribution is -0.137. The predicted molar refractivity (Wildman–Crippen MR) is 127 cm³/mol. The molecule has 0 aliphatic heterocycles. The molecule has 0 radical (unpaired) electrons. The first-order chi connectivity index (χ1) is 15.6. The smallest absolute Gasteiger partial charge is 0.418 e. The van der Waals surface area contributed by atoms with Gasteiger partial charge in [0.1, 0.15) is 5.60 Å². The normalized spacial score (nSPS) is 11.6. The first-order valence-electron chi connectivity index (χ1n) is 10.1. The van der Waals surface area contributed by atoms with Crippen LogP contribution in [0.3, 0.4) is 0 Å². The number of Topliss-reactive ketones (excluding diaryl/α,β-unsaturated/α-hetero) is 1. The molecule has 184 valence electrons. The summed E-state index contributed by atoms with van der Waals surface area (Å²) in [6.07, 6.45) is -6.27. The molecule has 0 fully saturated rings. The second kappa shape index (κ2) is 10.5. The molecule has 2 amide bonds. The van der Waals surface area contributed by atoms with E-state index in [4.69, 9.17) is 4.74 Å². The highest BCUT2D eigenvalue weighted by Gasteiger charge is 2.36. The Morgan fingerprint density at radius 1 is 1.00 bits per heavy atom.